The number of fused-ring (bicyclic) bond motifs is 1. The zero-order valence-electron chi connectivity index (χ0n) is 13.9. The molecular formula is C23H19ClS. The molecule has 3 aromatic carbocycles. The second kappa shape index (κ2) is 7.43. The van der Waals surface area contributed by atoms with E-state index in [9.17, 15) is 0 Å². The summed E-state index contributed by atoms with van der Waals surface area (Å²) in [6.07, 6.45) is 3.09. The smallest absolute Gasteiger partial charge is 0.0413 e. The van der Waals surface area contributed by atoms with Crippen LogP contribution in [0.2, 0.25) is 5.02 Å². The van der Waals surface area contributed by atoms with E-state index in [0.717, 1.165) is 24.3 Å². The fraction of sp³-hybridized carbons (Fsp3) is 0.130. The Morgan fingerprint density at radius 2 is 1.40 bits per heavy atom. The predicted octanol–water partition coefficient (Wildman–Crippen LogP) is 6.93. The second-order valence-corrected chi connectivity index (χ2v) is 7.87. The van der Waals surface area contributed by atoms with Crippen LogP contribution in [-0.2, 0) is 19.3 Å². The molecule has 1 aromatic heterocycles. The van der Waals surface area contributed by atoms with E-state index in [1.54, 1.807) is 0 Å². The van der Waals surface area contributed by atoms with E-state index in [2.05, 4.69) is 72.8 Å². The molecule has 124 valence electrons. The van der Waals surface area contributed by atoms with Crippen molar-refractivity contribution < 1.29 is 0 Å². The molecule has 0 nitrogen and oxygen atoms in total. The summed E-state index contributed by atoms with van der Waals surface area (Å²) < 4.78 is 1.33. The quantitative estimate of drug-likeness (QED) is 0.361. The molecule has 0 saturated heterocycles. The Labute approximate surface area is 157 Å². The van der Waals surface area contributed by atoms with Crippen LogP contribution >= 0.6 is 22.9 Å². The van der Waals surface area contributed by atoms with Crippen molar-refractivity contribution in [1.29, 1.82) is 0 Å². The van der Waals surface area contributed by atoms with Gasteiger partial charge < -0.3 is 0 Å². The summed E-state index contributed by atoms with van der Waals surface area (Å²) in [5.74, 6) is 0. The number of hydrogen-bond donors (Lipinski definition) is 0. The lowest BCUT2D eigenvalue weighted by Crippen LogP contribution is -1.95. The molecule has 4 aromatic rings. The van der Waals surface area contributed by atoms with Crippen molar-refractivity contribution >= 4 is 33.0 Å². The molecule has 2 heteroatoms. The highest BCUT2D eigenvalue weighted by Crippen LogP contribution is 2.35. The van der Waals surface area contributed by atoms with Gasteiger partial charge >= 0.3 is 0 Å². The Hall–Kier alpha value is -2.09. The average Bonchev–Trinajstić information content (AvgIpc) is 2.98. The maximum atomic E-state index is 6.28. The summed E-state index contributed by atoms with van der Waals surface area (Å²) in [4.78, 5) is 1.46. The lowest BCUT2D eigenvalue weighted by Gasteiger charge is -2.06. The highest BCUT2D eigenvalue weighted by Gasteiger charge is 2.13. The summed E-state index contributed by atoms with van der Waals surface area (Å²) in [6.45, 7) is 0. The first-order valence-corrected chi connectivity index (χ1v) is 9.77. The summed E-state index contributed by atoms with van der Waals surface area (Å²) in [7, 11) is 0. The van der Waals surface area contributed by atoms with Gasteiger partial charge in [-0.3, -0.25) is 0 Å². The molecule has 0 radical (unpaired) electrons. The van der Waals surface area contributed by atoms with Gasteiger partial charge in [0.05, 0.1) is 0 Å². The average molecular weight is 363 g/mol. The minimum atomic E-state index is 0.817. The molecule has 0 unspecified atom stereocenters. The van der Waals surface area contributed by atoms with Crippen molar-refractivity contribution in [1.82, 2.24) is 0 Å². The van der Waals surface area contributed by atoms with Crippen molar-refractivity contribution in [3.8, 4) is 0 Å². The number of aryl methyl sites for hydroxylation is 2. The van der Waals surface area contributed by atoms with Gasteiger partial charge in [0.1, 0.15) is 0 Å². The van der Waals surface area contributed by atoms with E-state index in [4.69, 9.17) is 11.6 Å². The number of halogens is 1. The Bertz CT molecular complexity index is 971. The van der Waals surface area contributed by atoms with Crippen LogP contribution in [0.1, 0.15) is 21.6 Å². The maximum Gasteiger partial charge on any atom is 0.0413 e. The Balaban J connectivity index is 1.70. The third kappa shape index (κ3) is 3.78. The molecule has 0 aliphatic heterocycles. The third-order valence-electron chi connectivity index (χ3n) is 4.55. The van der Waals surface area contributed by atoms with Gasteiger partial charge in [0, 0.05) is 21.0 Å². The number of rotatable bonds is 5. The van der Waals surface area contributed by atoms with Gasteiger partial charge in [0.2, 0.25) is 0 Å². The largest absolute Gasteiger partial charge is 0.140 e. The molecule has 0 bridgehead atoms. The van der Waals surface area contributed by atoms with E-state index in [0.29, 0.717) is 0 Å². The van der Waals surface area contributed by atoms with Crippen LogP contribution in [0.5, 0.6) is 0 Å². The fourth-order valence-corrected chi connectivity index (χ4v) is 4.72. The highest BCUT2D eigenvalue weighted by molar-refractivity contribution is 7.19. The Morgan fingerprint density at radius 1 is 0.720 bits per heavy atom. The van der Waals surface area contributed by atoms with Crippen LogP contribution in [0, 0.1) is 0 Å². The van der Waals surface area contributed by atoms with E-state index in [-0.39, 0.29) is 0 Å². The minimum Gasteiger partial charge on any atom is -0.140 e. The van der Waals surface area contributed by atoms with Crippen molar-refractivity contribution in [2.24, 2.45) is 0 Å². The van der Waals surface area contributed by atoms with E-state index in [1.165, 1.54) is 31.7 Å². The molecule has 0 aliphatic rings. The zero-order valence-corrected chi connectivity index (χ0v) is 15.5. The van der Waals surface area contributed by atoms with Gasteiger partial charge in [-0.1, -0.05) is 72.3 Å². The maximum absolute atomic E-state index is 6.28. The van der Waals surface area contributed by atoms with Gasteiger partial charge in [-0.15, -0.1) is 11.3 Å². The number of hydrogen-bond acceptors (Lipinski definition) is 1. The number of benzene rings is 3. The van der Waals surface area contributed by atoms with Gasteiger partial charge in [-0.05, 0) is 53.1 Å². The van der Waals surface area contributed by atoms with Crippen molar-refractivity contribution in [3.05, 3.63) is 105 Å². The summed E-state index contributed by atoms with van der Waals surface area (Å²) in [5.41, 5.74) is 4.20. The van der Waals surface area contributed by atoms with Crippen LogP contribution < -0.4 is 0 Å². The van der Waals surface area contributed by atoms with E-state index in [1.807, 2.05) is 17.4 Å². The lowest BCUT2D eigenvalue weighted by molar-refractivity contribution is 0.957. The van der Waals surface area contributed by atoms with E-state index < -0.39 is 0 Å². The predicted molar refractivity (Wildman–Crippen MR) is 110 cm³/mol. The fourth-order valence-electron chi connectivity index (χ4n) is 3.28. The molecule has 0 fully saturated rings. The monoisotopic (exact) mass is 362 g/mol. The minimum absolute atomic E-state index is 0.817. The summed E-state index contributed by atoms with van der Waals surface area (Å²) in [6, 6.07) is 27.7. The first kappa shape index (κ1) is 16.4. The zero-order chi connectivity index (χ0) is 17.1. The summed E-state index contributed by atoms with van der Waals surface area (Å²) in [5, 5.41) is 2.14. The van der Waals surface area contributed by atoms with Crippen molar-refractivity contribution in [3.63, 3.8) is 0 Å². The third-order valence-corrected chi connectivity index (χ3v) is 6.00. The molecule has 0 amide bonds. The van der Waals surface area contributed by atoms with Gasteiger partial charge in [0.25, 0.3) is 0 Å². The van der Waals surface area contributed by atoms with Crippen LogP contribution in [0.4, 0.5) is 0 Å². The molecule has 25 heavy (non-hydrogen) atoms. The normalized spacial score (nSPS) is 11.1. The SMILES string of the molecule is Clc1ccc2sc(Cc3ccccc3)c(CCc3ccccc3)c2c1. The van der Waals surface area contributed by atoms with Gasteiger partial charge in [0.15, 0.2) is 0 Å². The Morgan fingerprint density at radius 3 is 2.12 bits per heavy atom. The molecule has 0 aliphatic carbocycles. The van der Waals surface area contributed by atoms with Crippen molar-refractivity contribution in [2.45, 2.75) is 19.3 Å². The lowest BCUT2D eigenvalue weighted by atomic mass is 9.99. The molecule has 0 saturated carbocycles. The van der Waals surface area contributed by atoms with Crippen LogP contribution in [0.25, 0.3) is 10.1 Å². The Kier molecular flexibility index (Phi) is 4.87. The first-order chi connectivity index (χ1) is 12.3. The van der Waals surface area contributed by atoms with Crippen LogP contribution in [0.15, 0.2) is 78.9 Å². The molecule has 0 atom stereocenters. The summed E-state index contributed by atoms with van der Waals surface area (Å²) >= 11 is 8.19. The molecule has 4 rings (SSSR count). The number of thiophene rings is 1. The molecule has 1 heterocycles. The second-order valence-electron chi connectivity index (χ2n) is 6.29. The van der Waals surface area contributed by atoms with Gasteiger partial charge in [-0.25, -0.2) is 0 Å². The standard InChI is InChI=1S/C23H19ClS/c24-19-12-14-22-21(16-19)20(13-11-17-7-3-1-4-8-17)23(25-22)15-18-9-5-2-6-10-18/h1-10,12,14,16H,11,13,15H2. The molecule has 0 N–H and O–H groups in total. The molecule has 0 spiro atoms. The van der Waals surface area contributed by atoms with Crippen LogP contribution in [0.3, 0.4) is 0 Å². The molecular weight excluding hydrogens is 344 g/mol. The first-order valence-electron chi connectivity index (χ1n) is 8.57. The van der Waals surface area contributed by atoms with E-state index >= 15 is 0 Å². The van der Waals surface area contributed by atoms with Gasteiger partial charge in [-0.2, -0.15) is 0 Å². The topological polar surface area (TPSA) is 0 Å². The highest BCUT2D eigenvalue weighted by atomic mass is 35.5. The van der Waals surface area contributed by atoms with Crippen molar-refractivity contribution in [2.75, 3.05) is 0 Å². The van der Waals surface area contributed by atoms with Crippen LogP contribution in [-0.4, -0.2) is 0 Å².